The summed E-state index contributed by atoms with van der Waals surface area (Å²) in [6, 6.07) is 7.65. The number of amides is 1. The Morgan fingerprint density at radius 3 is 2.41 bits per heavy atom. The van der Waals surface area contributed by atoms with E-state index in [2.05, 4.69) is 0 Å². The van der Waals surface area contributed by atoms with Crippen molar-refractivity contribution in [1.29, 1.82) is 0 Å². The molecule has 1 aliphatic heterocycles. The lowest BCUT2D eigenvalue weighted by Gasteiger charge is -2.45. The van der Waals surface area contributed by atoms with Crippen molar-refractivity contribution in [2.24, 2.45) is 5.92 Å². The minimum absolute atomic E-state index is 0.219. The molecule has 150 valence electrons. The third-order valence-corrected chi connectivity index (χ3v) is 5.41. The number of nitrogens with zero attached hydrogens (tertiary/aromatic N) is 1. The molecule has 27 heavy (non-hydrogen) atoms. The molecule has 0 aromatic heterocycles. The van der Waals surface area contributed by atoms with Gasteiger partial charge in [0.2, 0.25) is 0 Å². The molecule has 5 nitrogen and oxygen atoms in total. The molecule has 0 spiro atoms. The van der Waals surface area contributed by atoms with Crippen molar-refractivity contribution >= 4 is 23.7 Å². The van der Waals surface area contributed by atoms with Crippen LogP contribution in [-0.2, 0) is 19.7 Å². The fraction of sp³-hybridized carbons (Fsp3) is 0.619. The highest BCUT2D eigenvalue weighted by atomic mass is 35.5. The molecule has 1 aromatic carbocycles. The van der Waals surface area contributed by atoms with Crippen molar-refractivity contribution in [3.05, 3.63) is 34.9 Å². The second-order valence-electron chi connectivity index (χ2n) is 8.11. The highest BCUT2D eigenvalue weighted by Crippen LogP contribution is 2.43. The second kappa shape index (κ2) is 8.51. The van der Waals surface area contributed by atoms with Gasteiger partial charge in [-0.2, -0.15) is 0 Å². The molecule has 0 radical (unpaired) electrons. The predicted octanol–water partition coefficient (Wildman–Crippen LogP) is 4.81. The Hall–Kier alpha value is -1.75. The van der Waals surface area contributed by atoms with Crippen molar-refractivity contribution in [2.75, 3.05) is 19.7 Å². The highest BCUT2D eigenvalue weighted by molar-refractivity contribution is 6.30. The zero-order valence-electron chi connectivity index (χ0n) is 16.9. The summed E-state index contributed by atoms with van der Waals surface area (Å²) in [4.78, 5) is 26.7. The number of carbonyl (C=O) groups excluding carboxylic acids is 2. The maximum atomic E-state index is 12.5. The second-order valence-corrected chi connectivity index (χ2v) is 8.54. The van der Waals surface area contributed by atoms with E-state index in [0.717, 1.165) is 5.56 Å². The minimum Gasteiger partial charge on any atom is -0.466 e. The summed E-state index contributed by atoms with van der Waals surface area (Å²) in [5, 5.41) is 0.637. The smallest absolute Gasteiger partial charge is 0.410 e. The molecule has 1 atom stereocenters. The Morgan fingerprint density at radius 1 is 1.26 bits per heavy atom. The molecule has 0 saturated carbocycles. The van der Waals surface area contributed by atoms with Crippen molar-refractivity contribution in [2.45, 2.75) is 58.5 Å². The SMILES string of the molecule is CCOC(=O)C(C)C1(c2cccc(Cl)c2)CCN(C(=O)OC(C)(C)C)CC1. The van der Waals surface area contributed by atoms with Gasteiger partial charge in [0.1, 0.15) is 5.60 Å². The third kappa shape index (κ3) is 5.16. The maximum absolute atomic E-state index is 12.5. The molecule has 0 bridgehead atoms. The van der Waals surface area contributed by atoms with Crippen LogP contribution >= 0.6 is 11.6 Å². The first kappa shape index (κ1) is 21.5. The molecule has 6 heteroatoms. The lowest BCUT2D eigenvalue weighted by molar-refractivity contribution is -0.150. The highest BCUT2D eigenvalue weighted by Gasteiger charge is 2.45. The van der Waals surface area contributed by atoms with Gasteiger partial charge < -0.3 is 14.4 Å². The van der Waals surface area contributed by atoms with Gasteiger partial charge in [0.25, 0.3) is 0 Å². The third-order valence-electron chi connectivity index (χ3n) is 5.18. The fourth-order valence-corrected chi connectivity index (χ4v) is 3.87. The van der Waals surface area contributed by atoms with E-state index in [4.69, 9.17) is 21.1 Å². The Kier molecular flexibility index (Phi) is 6.79. The number of likely N-dealkylation sites (tertiary alicyclic amines) is 1. The average molecular weight is 396 g/mol. The van der Waals surface area contributed by atoms with Crippen LogP contribution < -0.4 is 0 Å². The summed E-state index contributed by atoms with van der Waals surface area (Å²) in [7, 11) is 0. The van der Waals surface area contributed by atoms with E-state index in [-0.39, 0.29) is 18.0 Å². The van der Waals surface area contributed by atoms with Crippen LogP contribution in [0.25, 0.3) is 0 Å². The van der Waals surface area contributed by atoms with E-state index in [1.807, 2.05) is 58.9 Å². The van der Waals surface area contributed by atoms with E-state index in [1.165, 1.54) is 0 Å². The molecular weight excluding hydrogens is 366 g/mol. The first-order chi connectivity index (χ1) is 12.6. The van der Waals surface area contributed by atoms with Gasteiger partial charge in [-0.3, -0.25) is 4.79 Å². The van der Waals surface area contributed by atoms with E-state index >= 15 is 0 Å². The molecule has 2 rings (SSSR count). The summed E-state index contributed by atoms with van der Waals surface area (Å²) >= 11 is 6.22. The van der Waals surface area contributed by atoms with Crippen LogP contribution in [-0.4, -0.2) is 42.3 Å². The summed E-state index contributed by atoms with van der Waals surface area (Å²) < 4.78 is 10.8. The molecule has 1 unspecified atom stereocenters. The van der Waals surface area contributed by atoms with Crippen LogP contribution in [0.1, 0.15) is 53.0 Å². The molecule has 1 aromatic rings. The first-order valence-electron chi connectivity index (χ1n) is 9.49. The van der Waals surface area contributed by atoms with Crippen LogP contribution in [0, 0.1) is 5.92 Å². The van der Waals surface area contributed by atoms with Crippen LogP contribution in [0.15, 0.2) is 24.3 Å². The number of rotatable bonds is 4. The number of piperidine rings is 1. The molecule has 1 amide bonds. The summed E-state index contributed by atoms with van der Waals surface area (Å²) in [6.45, 7) is 10.7. The van der Waals surface area contributed by atoms with Crippen molar-refractivity contribution in [1.82, 2.24) is 4.90 Å². The van der Waals surface area contributed by atoms with Gasteiger partial charge in [-0.05, 0) is 58.2 Å². The molecule has 0 aliphatic carbocycles. The van der Waals surface area contributed by atoms with Gasteiger partial charge in [0.05, 0.1) is 12.5 Å². The first-order valence-corrected chi connectivity index (χ1v) is 9.87. The van der Waals surface area contributed by atoms with E-state index < -0.39 is 11.0 Å². The molecule has 1 heterocycles. The van der Waals surface area contributed by atoms with Crippen LogP contribution in [0.3, 0.4) is 0 Å². The fourth-order valence-electron chi connectivity index (χ4n) is 3.68. The lowest BCUT2D eigenvalue weighted by Crippen LogP contribution is -2.51. The van der Waals surface area contributed by atoms with Gasteiger partial charge in [-0.15, -0.1) is 0 Å². The maximum Gasteiger partial charge on any atom is 0.410 e. The zero-order valence-corrected chi connectivity index (χ0v) is 17.6. The largest absolute Gasteiger partial charge is 0.466 e. The standard InChI is InChI=1S/C21H30ClNO4/c1-6-26-18(24)15(2)21(16-8-7-9-17(22)14-16)10-12-23(13-11-21)19(25)27-20(3,4)5/h7-9,14-15H,6,10-13H2,1-5H3. The molecular formula is C21H30ClNO4. The molecule has 1 aliphatic rings. The van der Waals surface area contributed by atoms with Crippen molar-refractivity contribution in [3.8, 4) is 0 Å². The summed E-state index contributed by atoms with van der Waals surface area (Å²) in [5.41, 5.74) is 0.0614. The Bertz CT molecular complexity index is 675. The van der Waals surface area contributed by atoms with Crippen molar-refractivity contribution in [3.63, 3.8) is 0 Å². The van der Waals surface area contributed by atoms with Gasteiger partial charge in [-0.25, -0.2) is 4.79 Å². The monoisotopic (exact) mass is 395 g/mol. The van der Waals surface area contributed by atoms with Gasteiger partial charge in [0.15, 0.2) is 0 Å². The number of hydrogen-bond donors (Lipinski definition) is 0. The Balaban J connectivity index is 2.26. The van der Waals surface area contributed by atoms with Gasteiger partial charge >= 0.3 is 12.1 Å². The van der Waals surface area contributed by atoms with Crippen LogP contribution in [0.5, 0.6) is 0 Å². The Morgan fingerprint density at radius 2 is 1.89 bits per heavy atom. The van der Waals surface area contributed by atoms with Crippen LogP contribution in [0.2, 0.25) is 5.02 Å². The van der Waals surface area contributed by atoms with Crippen LogP contribution in [0.4, 0.5) is 4.79 Å². The summed E-state index contributed by atoms with van der Waals surface area (Å²) in [6.07, 6.45) is 0.977. The average Bonchev–Trinajstić information content (AvgIpc) is 2.60. The number of halogens is 1. The van der Waals surface area contributed by atoms with E-state index in [9.17, 15) is 9.59 Å². The quantitative estimate of drug-likeness (QED) is 0.686. The number of hydrogen-bond acceptors (Lipinski definition) is 4. The van der Waals surface area contributed by atoms with E-state index in [0.29, 0.717) is 37.6 Å². The molecule has 1 fully saturated rings. The summed E-state index contributed by atoms with van der Waals surface area (Å²) in [5.74, 6) is -0.556. The van der Waals surface area contributed by atoms with E-state index in [1.54, 1.807) is 4.90 Å². The predicted molar refractivity (Wildman–Crippen MR) is 106 cm³/mol. The minimum atomic E-state index is -0.531. The zero-order chi connectivity index (χ0) is 20.2. The number of esters is 1. The lowest BCUT2D eigenvalue weighted by atomic mass is 9.65. The normalized spacial score (nSPS) is 17.9. The molecule has 1 saturated heterocycles. The topological polar surface area (TPSA) is 55.8 Å². The van der Waals surface area contributed by atoms with Gasteiger partial charge in [-0.1, -0.05) is 30.7 Å². The number of carbonyl (C=O) groups is 2. The van der Waals surface area contributed by atoms with Crippen molar-refractivity contribution < 1.29 is 19.1 Å². The Labute approximate surface area is 167 Å². The van der Waals surface area contributed by atoms with Gasteiger partial charge in [0, 0.05) is 23.5 Å². The number of ether oxygens (including phenoxy) is 2. The number of benzene rings is 1. The molecule has 0 N–H and O–H groups in total.